The maximum Gasteiger partial charge on any atom is 0.360 e. The molecule has 0 aliphatic carbocycles. The zero-order valence-electron chi connectivity index (χ0n) is 2.38. The summed E-state index contributed by atoms with van der Waals surface area (Å²) in [5, 5.41) is 7.29. The molecule has 0 saturated heterocycles. The topological polar surface area (TPSA) is 77.4 Å². The van der Waals surface area contributed by atoms with Gasteiger partial charge in [0.25, 0.3) is 0 Å². The molecule has 0 aromatic rings. The van der Waals surface area contributed by atoms with Gasteiger partial charge < -0.3 is 5.73 Å². The fraction of sp³-hybridized carbons (Fsp3) is 0. The van der Waals surface area contributed by atoms with Crippen molar-refractivity contribution in [2.24, 2.45) is 5.73 Å². The Balaban J connectivity index is 2.85. The summed E-state index contributed by atoms with van der Waals surface area (Å²) in [6, 6.07) is -1.06. The zero-order valence-corrected chi connectivity index (χ0v) is 2.38. The van der Waals surface area contributed by atoms with Gasteiger partial charge in [-0.1, -0.05) is 5.48 Å². The Hall–Kier alpha value is -0.770. The molecule has 0 unspecified atom stereocenters. The summed E-state index contributed by atoms with van der Waals surface area (Å²) in [7, 11) is 0. The molecule has 0 bridgehead atoms. The van der Waals surface area contributed by atoms with Gasteiger partial charge in [-0.05, 0) is 0 Å². The highest BCUT2D eigenvalue weighted by molar-refractivity contribution is 5.69. The van der Waals surface area contributed by atoms with E-state index in [9.17, 15) is 4.79 Å². The summed E-state index contributed by atoms with van der Waals surface area (Å²) in [6.07, 6.45) is 0. The van der Waals surface area contributed by atoms with E-state index in [2.05, 4.69) is 5.73 Å². The highest BCUT2D eigenvalue weighted by Crippen LogP contribution is 1.42. The lowest BCUT2D eigenvalue weighted by Crippen LogP contribution is -2.18. The second-order valence-corrected chi connectivity index (χ2v) is 0.438. The predicted molar refractivity (Wildman–Crippen MR) is 13.5 cm³/mol. The Morgan fingerprint density at radius 1 is 2.00 bits per heavy atom. The number of carbonyl (C=O) groups excluding carboxylic acids is 1. The van der Waals surface area contributed by atoms with Gasteiger partial charge in [0.15, 0.2) is 0 Å². The fourth-order valence-electron chi connectivity index (χ4n) is 0. The monoisotopic (exact) mass is 75.0 g/mol. The second kappa shape index (κ2) is 1.54. The molecule has 0 rings (SSSR count). The van der Waals surface area contributed by atoms with E-state index in [1.165, 1.54) is 0 Å². The molecule has 0 aliphatic rings. The van der Waals surface area contributed by atoms with Crippen LogP contribution in [-0.4, -0.2) is 11.2 Å². The average Bonchev–Trinajstić information content (AvgIpc) is 1.38. The van der Waals surface area contributed by atoms with Crippen molar-refractivity contribution in [2.75, 3.05) is 0 Å². The second-order valence-electron chi connectivity index (χ2n) is 0.438. The number of hydroxylamine groups is 1. The van der Waals surface area contributed by atoms with Crippen LogP contribution in [0.5, 0.6) is 0 Å². The summed E-state index contributed by atoms with van der Waals surface area (Å²) in [6.45, 7) is 0. The summed E-state index contributed by atoms with van der Waals surface area (Å²) < 4.78 is 0. The lowest BCUT2D eigenvalue weighted by Gasteiger charge is -1.73. The maximum atomic E-state index is 9.17. The number of rotatable bonds is 0. The number of primary amides is 1. The first-order chi connectivity index (χ1) is 2.27. The van der Waals surface area contributed by atoms with Crippen LogP contribution < -0.4 is 11.2 Å². The molecular weight excluding hydrogens is 72.0 g/mol. The van der Waals surface area contributed by atoms with E-state index >= 15 is 0 Å². The van der Waals surface area contributed by atoms with E-state index < -0.39 is 6.03 Å². The highest BCUT2D eigenvalue weighted by Gasteiger charge is 1.80. The smallest absolute Gasteiger partial charge is 0.348 e. The van der Waals surface area contributed by atoms with Crippen molar-refractivity contribution in [3.8, 4) is 0 Å². The molecular formula is CH3N2O2. The minimum atomic E-state index is -1.06. The normalized spacial score (nSPS) is 6.60. The Morgan fingerprint density at radius 3 is 2.20 bits per heavy atom. The van der Waals surface area contributed by atoms with Gasteiger partial charge >= 0.3 is 6.03 Å². The molecule has 29 valence electrons. The van der Waals surface area contributed by atoms with Crippen LogP contribution in [0.3, 0.4) is 0 Å². The summed E-state index contributed by atoms with van der Waals surface area (Å²) in [4.78, 5) is 9.17. The molecule has 0 fully saturated rings. The molecule has 4 heteroatoms. The van der Waals surface area contributed by atoms with Crippen molar-refractivity contribution in [1.29, 1.82) is 0 Å². The minimum Gasteiger partial charge on any atom is -0.348 e. The van der Waals surface area contributed by atoms with Gasteiger partial charge in [0.05, 0.1) is 0 Å². The Morgan fingerprint density at radius 2 is 2.20 bits per heavy atom. The number of amides is 2. The molecule has 0 aliphatic heterocycles. The van der Waals surface area contributed by atoms with Crippen molar-refractivity contribution in [3.05, 3.63) is 0 Å². The third-order valence-electron chi connectivity index (χ3n) is 0.0986. The standard InChI is InChI=1S/CH3N2O2/c2-1(4)3-5/h5H,(H2,2,4). The fourth-order valence-corrected chi connectivity index (χ4v) is 0. The highest BCUT2D eigenvalue weighted by atomic mass is 16.5. The predicted octanol–water partition coefficient (Wildman–Crippen LogP) is -0.941. The lowest BCUT2D eigenvalue weighted by molar-refractivity contribution is 0.162. The van der Waals surface area contributed by atoms with Crippen molar-refractivity contribution >= 4 is 6.03 Å². The van der Waals surface area contributed by atoms with Crippen LogP contribution in [0.15, 0.2) is 0 Å². The number of nitrogens with two attached hydrogens (primary N) is 1. The van der Waals surface area contributed by atoms with Crippen LogP contribution in [0, 0.1) is 0 Å². The molecule has 1 radical (unpaired) electrons. The first-order valence-electron chi connectivity index (χ1n) is 0.916. The molecule has 5 heavy (non-hydrogen) atoms. The van der Waals surface area contributed by atoms with Gasteiger partial charge in [0.1, 0.15) is 0 Å². The van der Waals surface area contributed by atoms with Crippen LogP contribution in [0.25, 0.3) is 0 Å². The van der Waals surface area contributed by atoms with Crippen LogP contribution in [0.2, 0.25) is 0 Å². The Kier molecular flexibility index (Phi) is 1.30. The number of carbonyl (C=O) groups is 1. The minimum absolute atomic E-state index is 1.06. The van der Waals surface area contributed by atoms with Gasteiger partial charge in [-0.15, -0.1) is 0 Å². The molecule has 0 spiro atoms. The summed E-state index contributed by atoms with van der Waals surface area (Å²) >= 11 is 0. The summed E-state index contributed by atoms with van der Waals surface area (Å²) in [5.74, 6) is 0. The van der Waals surface area contributed by atoms with Crippen molar-refractivity contribution in [3.63, 3.8) is 0 Å². The molecule has 0 heterocycles. The molecule has 0 aromatic carbocycles. The van der Waals surface area contributed by atoms with Crippen molar-refractivity contribution < 1.29 is 10.0 Å². The molecule has 4 nitrogen and oxygen atoms in total. The maximum absolute atomic E-state index is 9.17. The quantitative estimate of drug-likeness (QED) is 0.288. The van der Waals surface area contributed by atoms with Gasteiger partial charge in [0, 0.05) is 0 Å². The van der Waals surface area contributed by atoms with Crippen molar-refractivity contribution in [2.45, 2.75) is 0 Å². The molecule has 0 atom stereocenters. The molecule has 2 amide bonds. The third kappa shape index (κ3) is 3.23. The molecule has 0 aromatic heterocycles. The van der Waals surface area contributed by atoms with Crippen LogP contribution in [0.4, 0.5) is 4.79 Å². The summed E-state index contributed by atoms with van der Waals surface area (Å²) in [5.41, 5.74) is 6.26. The number of hydrogen-bond donors (Lipinski definition) is 2. The lowest BCUT2D eigenvalue weighted by atomic mass is 11.2. The Labute approximate surface area is 28.5 Å². The molecule has 3 N–H and O–H groups in total. The van der Waals surface area contributed by atoms with E-state index in [-0.39, 0.29) is 0 Å². The van der Waals surface area contributed by atoms with Crippen LogP contribution in [0.1, 0.15) is 0 Å². The first-order valence-corrected chi connectivity index (χ1v) is 0.916. The van der Waals surface area contributed by atoms with Gasteiger partial charge in [-0.2, -0.15) is 0 Å². The van der Waals surface area contributed by atoms with E-state index in [0.717, 1.165) is 0 Å². The van der Waals surface area contributed by atoms with E-state index in [0.29, 0.717) is 0 Å². The molecule has 0 saturated carbocycles. The SMILES string of the molecule is NC(=O)[N]O. The largest absolute Gasteiger partial charge is 0.360 e. The van der Waals surface area contributed by atoms with Crippen molar-refractivity contribution in [1.82, 2.24) is 5.48 Å². The van der Waals surface area contributed by atoms with E-state index in [4.69, 9.17) is 5.21 Å². The Bertz CT molecular complexity index is 42.9. The third-order valence-corrected chi connectivity index (χ3v) is 0.0986. The van der Waals surface area contributed by atoms with Crippen LogP contribution in [-0.2, 0) is 0 Å². The van der Waals surface area contributed by atoms with Gasteiger partial charge in [-0.3, -0.25) is 5.21 Å². The van der Waals surface area contributed by atoms with Gasteiger partial charge in [-0.25, -0.2) is 4.79 Å². The number of urea groups is 1. The van der Waals surface area contributed by atoms with Crippen LogP contribution >= 0.6 is 0 Å². The average molecular weight is 75.0 g/mol. The van der Waals surface area contributed by atoms with E-state index in [1.807, 2.05) is 5.48 Å². The van der Waals surface area contributed by atoms with Gasteiger partial charge in [0.2, 0.25) is 0 Å². The zero-order chi connectivity index (χ0) is 4.28. The number of nitrogens with zero attached hydrogens (tertiary/aromatic N) is 1. The first kappa shape index (κ1) is 4.23. The van der Waals surface area contributed by atoms with E-state index in [1.54, 1.807) is 0 Å². The number of hydrogen-bond acceptors (Lipinski definition) is 2.